The highest BCUT2D eigenvalue weighted by Gasteiger charge is 2.10. The minimum atomic E-state index is 0.910. The molecule has 2 rings (SSSR count). The average Bonchev–Trinajstić information content (AvgIpc) is 2.23. The van der Waals surface area contributed by atoms with E-state index in [0.29, 0.717) is 0 Å². The molecule has 76 valence electrons. The lowest BCUT2D eigenvalue weighted by Gasteiger charge is -2.29. The Morgan fingerprint density at radius 1 is 1.14 bits per heavy atom. The van der Waals surface area contributed by atoms with Gasteiger partial charge in [-0.15, -0.1) is 0 Å². The first-order valence-electron chi connectivity index (χ1n) is 5.38. The van der Waals surface area contributed by atoms with Crippen molar-refractivity contribution in [3.8, 4) is 0 Å². The molecule has 1 saturated heterocycles. The molecule has 2 N–H and O–H groups in total. The molecule has 0 saturated carbocycles. The smallest absolute Gasteiger partial charge is 0.0387 e. The lowest BCUT2D eigenvalue weighted by atomic mass is 10.1. The van der Waals surface area contributed by atoms with Crippen LogP contribution in [0.25, 0.3) is 0 Å². The summed E-state index contributed by atoms with van der Waals surface area (Å²) in [4.78, 5) is 2.43. The molecule has 0 atom stereocenters. The van der Waals surface area contributed by atoms with Gasteiger partial charge in [0.05, 0.1) is 0 Å². The Kier molecular flexibility index (Phi) is 2.62. The number of nitrogens with two attached hydrogens (primary N) is 1. The van der Waals surface area contributed by atoms with E-state index in [1.807, 2.05) is 0 Å². The Hall–Kier alpha value is -1.18. The lowest BCUT2D eigenvalue weighted by Crippen LogP contribution is -2.29. The number of nitrogens with zero attached hydrogens (tertiary/aromatic N) is 1. The van der Waals surface area contributed by atoms with Crippen molar-refractivity contribution in [1.29, 1.82) is 0 Å². The first kappa shape index (κ1) is 9.38. The molecule has 1 fully saturated rings. The van der Waals surface area contributed by atoms with Gasteiger partial charge < -0.3 is 10.6 Å². The molecule has 1 aliphatic heterocycles. The third-order valence-corrected chi connectivity index (χ3v) is 2.98. The van der Waals surface area contributed by atoms with E-state index in [4.69, 9.17) is 5.73 Å². The van der Waals surface area contributed by atoms with Crippen molar-refractivity contribution in [3.63, 3.8) is 0 Å². The van der Waals surface area contributed by atoms with Crippen LogP contribution in [-0.4, -0.2) is 13.1 Å². The predicted molar refractivity (Wildman–Crippen MR) is 61.7 cm³/mol. The molecule has 2 heteroatoms. The quantitative estimate of drug-likeness (QED) is 0.690. The van der Waals surface area contributed by atoms with Crippen molar-refractivity contribution in [2.45, 2.75) is 26.2 Å². The number of rotatable bonds is 1. The van der Waals surface area contributed by atoms with Gasteiger partial charge in [0.25, 0.3) is 0 Å². The summed E-state index contributed by atoms with van der Waals surface area (Å²) in [5.74, 6) is 0. The monoisotopic (exact) mass is 190 g/mol. The van der Waals surface area contributed by atoms with Gasteiger partial charge in [-0.05, 0) is 43.9 Å². The highest BCUT2D eigenvalue weighted by Crippen LogP contribution is 2.23. The van der Waals surface area contributed by atoms with Crippen LogP contribution in [0.3, 0.4) is 0 Å². The van der Waals surface area contributed by atoms with Gasteiger partial charge in [0, 0.05) is 24.5 Å². The van der Waals surface area contributed by atoms with Crippen LogP contribution in [0.2, 0.25) is 0 Å². The number of aryl methyl sites for hydroxylation is 1. The summed E-state index contributed by atoms with van der Waals surface area (Å²) >= 11 is 0. The maximum absolute atomic E-state index is 5.90. The molecule has 1 aromatic rings. The second-order valence-electron chi connectivity index (χ2n) is 4.09. The second kappa shape index (κ2) is 3.91. The minimum absolute atomic E-state index is 0.910. The van der Waals surface area contributed by atoms with Crippen LogP contribution in [0.5, 0.6) is 0 Å². The van der Waals surface area contributed by atoms with Crippen LogP contribution in [0.1, 0.15) is 24.8 Å². The zero-order valence-corrected chi connectivity index (χ0v) is 8.79. The summed E-state index contributed by atoms with van der Waals surface area (Å²) in [6, 6.07) is 6.39. The van der Waals surface area contributed by atoms with Gasteiger partial charge in [-0.2, -0.15) is 0 Å². The van der Waals surface area contributed by atoms with E-state index >= 15 is 0 Å². The summed E-state index contributed by atoms with van der Waals surface area (Å²) < 4.78 is 0. The van der Waals surface area contributed by atoms with E-state index in [1.54, 1.807) is 0 Å². The number of piperidine rings is 1. The molecule has 0 radical (unpaired) electrons. The van der Waals surface area contributed by atoms with Gasteiger partial charge in [-0.1, -0.05) is 6.07 Å². The molecule has 0 unspecified atom stereocenters. The molecule has 2 nitrogen and oxygen atoms in total. The van der Waals surface area contributed by atoms with E-state index < -0.39 is 0 Å². The van der Waals surface area contributed by atoms with Gasteiger partial charge in [-0.25, -0.2) is 0 Å². The van der Waals surface area contributed by atoms with Crippen molar-refractivity contribution in [2.75, 3.05) is 23.7 Å². The first-order chi connectivity index (χ1) is 6.77. The summed E-state index contributed by atoms with van der Waals surface area (Å²) in [7, 11) is 0. The zero-order valence-electron chi connectivity index (χ0n) is 8.79. The largest absolute Gasteiger partial charge is 0.398 e. The third-order valence-electron chi connectivity index (χ3n) is 2.98. The summed E-state index contributed by atoms with van der Waals surface area (Å²) in [6.07, 6.45) is 4.00. The van der Waals surface area contributed by atoms with Crippen LogP contribution in [0.4, 0.5) is 11.4 Å². The molecule has 0 aliphatic carbocycles. The zero-order chi connectivity index (χ0) is 9.97. The maximum atomic E-state index is 5.90. The molecule has 1 aromatic carbocycles. The first-order valence-corrected chi connectivity index (χ1v) is 5.38. The van der Waals surface area contributed by atoms with Gasteiger partial charge in [0.1, 0.15) is 0 Å². The molecular formula is C12H18N2. The van der Waals surface area contributed by atoms with Crippen molar-refractivity contribution in [3.05, 3.63) is 23.8 Å². The van der Waals surface area contributed by atoms with Crippen molar-refractivity contribution in [2.24, 2.45) is 0 Å². The maximum Gasteiger partial charge on any atom is 0.0387 e. The van der Waals surface area contributed by atoms with Crippen LogP contribution < -0.4 is 10.6 Å². The molecule has 0 amide bonds. The molecule has 0 spiro atoms. The molecule has 0 aromatic heterocycles. The Labute approximate surface area is 85.7 Å². The summed E-state index contributed by atoms with van der Waals surface area (Å²) in [5.41, 5.74) is 9.27. The normalized spacial score (nSPS) is 17.1. The van der Waals surface area contributed by atoms with E-state index in [2.05, 4.69) is 30.0 Å². The van der Waals surface area contributed by atoms with E-state index in [1.165, 1.54) is 43.6 Å². The average molecular weight is 190 g/mol. The highest BCUT2D eigenvalue weighted by atomic mass is 15.1. The molecule has 14 heavy (non-hydrogen) atoms. The van der Waals surface area contributed by atoms with E-state index in [0.717, 1.165) is 5.69 Å². The molecular weight excluding hydrogens is 172 g/mol. The Morgan fingerprint density at radius 3 is 2.50 bits per heavy atom. The summed E-state index contributed by atoms with van der Waals surface area (Å²) in [6.45, 7) is 4.42. The Bertz CT molecular complexity index is 314. The van der Waals surface area contributed by atoms with Crippen LogP contribution in [-0.2, 0) is 0 Å². The highest BCUT2D eigenvalue weighted by molar-refractivity contribution is 5.59. The number of anilines is 2. The standard InChI is InChI=1S/C12H18N2/c1-10-5-6-11(9-12(10)13)14-7-3-2-4-8-14/h5-6,9H,2-4,7-8,13H2,1H3. The van der Waals surface area contributed by atoms with Gasteiger partial charge in [0.2, 0.25) is 0 Å². The third kappa shape index (κ3) is 1.84. The fourth-order valence-electron chi connectivity index (χ4n) is 1.98. The van der Waals surface area contributed by atoms with Crippen LogP contribution in [0, 0.1) is 6.92 Å². The van der Waals surface area contributed by atoms with Gasteiger partial charge in [0.15, 0.2) is 0 Å². The van der Waals surface area contributed by atoms with Crippen molar-refractivity contribution < 1.29 is 0 Å². The topological polar surface area (TPSA) is 29.3 Å². The van der Waals surface area contributed by atoms with Gasteiger partial charge in [-0.3, -0.25) is 0 Å². The lowest BCUT2D eigenvalue weighted by molar-refractivity contribution is 0.578. The van der Waals surface area contributed by atoms with Crippen molar-refractivity contribution in [1.82, 2.24) is 0 Å². The van der Waals surface area contributed by atoms with Crippen LogP contribution in [0.15, 0.2) is 18.2 Å². The van der Waals surface area contributed by atoms with E-state index in [-0.39, 0.29) is 0 Å². The van der Waals surface area contributed by atoms with Crippen LogP contribution >= 0.6 is 0 Å². The number of nitrogen functional groups attached to an aromatic ring is 1. The predicted octanol–water partition coefficient (Wildman–Crippen LogP) is 2.57. The van der Waals surface area contributed by atoms with Gasteiger partial charge >= 0.3 is 0 Å². The fourth-order valence-corrected chi connectivity index (χ4v) is 1.98. The fraction of sp³-hybridized carbons (Fsp3) is 0.500. The molecule has 0 bridgehead atoms. The van der Waals surface area contributed by atoms with Crippen molar-refractivity contribution >= 4 is 11.4 Å². The summed E-state index contributed by atoms with van der Waals surface area (Å²) in [5, 5.41) is 0. The number of hydrogen-bond acceptors (Lipinski definition) is 2. The number of benzene rings is 1. The minimum Gasteiger partial charge on any atom is -0.398 e. The molecule has 1 aliphatic rings. The Balaban J connectivity index is 2.18. The SMILES string of the molecule is Cc1ccc(N2CCCCC2)cc1N. The van der Waals surface area contributed by atoms with E-state index in [9.17, 15) is 0 Å². The second-order valence-corrected chi connectivity index (χ2v) is 4.09. The Morgan fingerprint density at radius 2 is 1.86 bits per heavy atom. The molecule has 1 heterocycles. The number of hydrogen-bond donors (Lipinski definition) is 1.